The van der Waals surface area contributed by atoms with Crippen LogP contribution >= 0.6 is 0 Å². The minimum atomic E-state index is -3.91. The summed E-state index contributed by atoms with van der Waals surface area (Å²) in [7, 11) is -3.91. The molecule has 1 amide bonds. The summed E-state index contributed by atoms with van der Waals surface area (Å²) in [6, 6.07) is 0. The average molecular weight is 335 g/mol. The minimum Gasteiger partial charge on any atom is -0.444 e. The lowest BCUT2D eigenvalue weighted by atomic mass is 9.73. The number of nitrogens with one attached hydrogen (secondary N) is 1. The van der Waals surface area contributed by atoms with Crippen LogP contribution in [0.2, 0.25) is 0 Å². The molecule has 1 fully saturated rings. The number of carbonyl (C=O) groups excluding carboxylic acids is 1. The Hall–Kier alpha value is -0.820. The van der Waals surface area contributed by atoms with E-state index in [1.165, 1.54) is 0 Å². The normalized spacial score (nSPS) is 23.9. The van der Waals surface area contributed by atoms with Crippen LogP contribution in [0.4, 0.5) is 4.79 Å². The van der Waals surface area contributed by atoms with Crippen LogP contribution in [-0.4, -0.2) is 36.0 Å². The van der Waals surface area contributed by atoms with E-state index in [-0.39, 0.29) is 17.6 Å². The molecule has 0 aromatic rings. The van der Waals surface area contributed by atoms with Crippen LogP contribution in [0.3, 0.4) is 0 Å². The maximum atomic E-state index is 11.9. The van der Waals surface area contributed by atoms with E-state index in [2.05, 4.69) is 5.32 Å². The zero-order valence-electron chi connectivity index (χ0n) is 14.2. The van der Waals surface area contributed by atoms with Crippen molar-refractivity contribution in [1.29, 1.82) is 0 Å². The first kappa shape index (κ1) is 19.2. The molecular formula is C15H29NO5S. The van der Waals surface area contributed by atoms with E-state index < -0.39 is 27.4 Å². The number of ether oxygens (including phenoxy) is 1. The molecule has 0 radical (unpaired) electrons. The summed E-state index contributed by atoms with van der Waals surface area (Å²) in [5.74, 6) is 0.0980. The van der Waals surface area contributed by atoms with Crippen LogP contribution in [0.25, 0.3) is 0 Å². The third-order valence-corrected chi connectivity index (χ3v) is 5.03. The molecule has 0 saturated heterocycles. The van der Waals surface area contributed by atoms with Gasteiger partial charge in [-0.15, -0.1) is 0 Å². The second-order valence-electron chi connectivity index (χ2n) is 7.81. The molecule has 0 unspecified atom stereocenters. The van der Waals surface area contributed by atoms with E-state index in [4.69, 9.17) is 9.29 Å². The van der Waals surface area contributed by atoms with Gasteiger partial charge < -0.3 is 10.1 Å². The van der Waals surface area contributed by atoms with E-state index >= 15 is 0 Å². The highest BCUT2D eigenvalue weighted by atomic mass is 32.2. The van der Waals surface area contributed by atoms with Crippen molar-refractivity contribution >= 4 is 16.2 Å². The number of hydrogen-bond acceptors (Lipinski definition) is 4. The van der Waals surface area contributed by atoms with Crippen LogP contribution in [0.1, 0.15) is 60.3 Å². The van der Waals surface area contributed by atoms with Gasteiger partial charge in [0.15, 0.2) is 0 Å². The van der Waals surface area contributed by atoms with Crippen LogP contribution in [0.5, 0.6) is 0 Å². The van der Waals surface area contributed by atoms with Gasteiger partial charge in [-0.1, -0.05) is 0 Å². The molecule has 0 heterocycles. The Balaban J connectivity index is 2.53. The summed E-state index contributed by atoms with van der Waals surface area (Å²) in [6.07, 6.45) is 2.69. The van der Waals surface area contributed by atoms with Crippen molar-refractivity contribution in [2.75, 3.05) is 5.75 Å². The highest BCUT2D eigenvalue weighted by molar-refractivity contribution is 7.85. The fraction of sp³-hybridized carbons (Fsp3) is 0.933. The molecule has 1 aliphatic rings. The fourth-order valence-corrected chi connectivity index (χ4v) is 3.95. The number of carbonyl (C=O) groups is 1. The first-order chi connectivity index (χ1) is 9.78. The van der Waals surface area contributed by atoms with Gasteiger partial charge in [0.1, 0.15) is 5.60 Å². The number of alkyl carbamates (subject to hydrolysis) is 1. The minimum absolute atomic E-state index is 0.00331. The zero-order chi connectivity index (χ0) is 17.2. The Labute approximate surface area is 133 Å². The van der Waals surface area contributed by atoms with Crippen molar-refractivity contribution in [3.05, 3.63) is 0 Å². The van der Waals surface area contributed by atoms with Gasteiger partial charge in [-0.2, -0.15) is 8.42 Å². The molecule has 7 heteroatoms. The molecule has 2 N–H and O–H groups in total. The third-order valence-electron chi connectivity index (χ3n) is 4.14. The SMILES string of the molecule is CC(C)(C)OC(=O)NC(C)(C)C1CCC(CS(=O)(=O)O)CC1. The van der Waals surface area contributed by atoms with E-state index in [0.717, 1.165) is 25.7 Å². The van der Waals surface area contributed by atoms with E-state index in [1.54, 1.807) is 0 Å². The summed E-state index contributed by atoms with van der Waals surface area (Å²) < 4.78 is 36.1. The maximum absolute atomic E-state index is 11.9. The quantitative estimate of drug-likeness (QED) is 0.770. The summed E-state index contributed by atoms with van der Waals surface area (Å²) in [4.78, 5) is 11.9. The summed E-state index contributed by atoms with van der Waals surface area (Å²) in [6.45, 7) is 9.38. The zero-order valence-corrected chi connectivity index (χ0v) is 15.0. The van der Waals surface area contributed by atoms with Crippen LogP contribution < -0.4 is 5.32 Å². The standard InChI is InChI=1S/C15H29NO5S/c1-14(2,3)21-13(17)16-15(4,5)12-8-6-11(7-9-12)10-22(18,19)20/h11-12H,6-10H2,1-5H3,(H,16,17)(H,18,19,20). The molecule has 0 aliphatic heterocycles. The number of hydrogen-bond donors (Lipinski definition) is 2. The van der Waals surface area contributed by atoms with Gasteiger partial charge in [0.05, 0.1) is 5.75 Å². The molecule has 1 rings (SSSR count). The lowest BCUT2D eigenvalue weighted by Gasteiger charge is -2.39. The average Bonchev–Trinajstić information content (AvgIpc) is 2.23. The van der Waals surface area contributed by atoms with Gasteiger partial charge in [0, 0.05) is 5.54 Å². The molecule has 0 atom stereocenters. The number of amides is 1. The fourth-order valence-electron chi connectivity index (χ4n) is 3.02. The molecule has 0 bridgehead atoms. The lowest BCUT2D eigenvalue weighted by Crippen LogP contribution is -2.51. The predicted octanol–water partition coefficient (Wildman–Crippen LogP) is 2.98. The van der Waals surface area contributed by atoms with E-state index in [9.17, 15) is 13.2 Å². The molecule has 1 saturated carbocycles. The van der Waals surface area contributed by atoms with Gasteiger partial charge >= 0.3 is 6.09 Å². The molecule has 0 aromatic carbocycles. The van der Waals surface area contributed by atoms with Crippen LogP contribution in [0, 0.1) is 11.8 Å². The van der Waals surface area contributed by atoms with Gasteiger partial charge in [-0.25, -0.2) is 4.79 Å². The molecule has 130 valence electrons. The molecule has 6 nitrogen and oxygen atoms in total. The summed E-state index contributed by atoms with van der Waals surface area (Å²) in [5.41, 5.74) is -0.946. The summed E-state index contributed by atoms with van der Waals surface area (Å²) >= 11 is 0. The van der Waals surface area contributed by atoms with Crippen LogP contribution in [-0.2, 0) is 14.9 Å². The summed E-state index contributed by atoms with van der Waals surface area (Å²) in [5, 5.41) is 2.92. The second kappa shape index (κ2) is 6.74. The second-order valence-corrected chi connectivity index (χ2v) is 9.31. The third kappa shape index (κ3) is 6.96. The van der Waals surface area contributed by atoms with Crippen molar-refractivity contribution in [1.82, 2.24) is 5.32 Å². The molecule has 1 aliphatic carbocycles. The smallest absolute Gasteiger partial charge is 0.408 e. The van der Waals surface area contributed by atoms with E-state index in [0.29, 0.717) is 0 Å². The number of rotatable bonds is 4. The van der Waals surface area contributed by atoms with Gasteiger partial charge in [0.25, 0.3) is 10.1 Å². The van der Waals surface area contributed by atoms with Gasteiger partial charge in [-0.3, -0.25) is 4.55 Å². The largest absolute Gasteiger partial charge is 0.444 e. The monoisotopic (exact) mass is 335 g/mol. The topological polar surface area (TPSA) is 92.7 Å². The Kier molecular flexibility index (Phi) is 5.89. The highest BCUT2D eigenvalue weighted by Crippen LogP contribution is 2.36. The maximum Gasteiger partial charge on any atom is 0.408 e. The molecule has 0 spiro atoms. The highest BCUT2D eigenvalue weighted by Gasteiger charge is 2.36. The van der Waals surface area contributed by atoms with E-state index in [1.807, 2.05) is 34.6 Å². The predicted molar refractivity (Wildman–Crippen MR) is 85.3 cm³/mol. The van der Waals surface area contributed by atoms with Crippen molar-refractivity contribution in [2.45, 2.75) is 71.4 Å². The van der Waals surface area contributed by atoms with Gasteiger partial charge in [-0.05, 0) is 72.1 Å². The Bertz CT molecular complexity index is 485. The van der Waals surface area contributed by atoms with Gasteiger partial charge in [0.2, 0.25) is 0 Å². The van der Waals surface area contributed by atoms with Crippen LogP contribution in [0.15, 0.2) is 0 Å². The first-order valence-corrected chi connectivity index (χ1v) is 9.36. The first-order valence-electron chi connectivity index (χ1n) is 7.75. The Morgan fingerprint density at radius 1 is 1.14 bits per heavy atom. The molecular weight excluding hydrogens is 306 g/mol. The van der Waals surface area contributed by atoms with Crippen molar-refractivity contribution in [3.63, 3.8) is 0 Å². The van der Waals surface area contributed by atoms with Crippen molar-refractivity contribution in [3.8, 4) is 0 Å². The molecule has 22 heavy (non-hydrogen) atoms. The van der Waals surface area contributed by atoms with Crippen molar-refractivity contribution in [2.24, 2.45) is 11.8 Å². The lowest BCUT2D eigenvalue weighted by molar-refractivity contribution is 0.0410. The Morgan fingerprint density at radius 3 is 2.05 bits per heavy atom. The van der Waals surface area contributed by atoms with Crippen molar-refractivity contribution < 1.29 is 22.5 Å². The Morgan fingerprint density at radius 2 is 1.64 bits per heavy atom. The molecule has 0 aromatic heterocycles.